The first-order valence-electron chi connectivity index (χ1n) is 3.45. The average Bonchev–Trinajstić information content (AvgIpc) is 2.08. The summed E-state index contributed by atoms with van der Waals surface area (Å²) in [7, 11) is 0. The van der Waals surface area contributed by atoms with E-state index in [0.717, 1.165) is 5.56 Å². The molecule has 0 unspecified atom stereocenters. The zero-order valence-electron chi connectivity index (χ0n) is 6.66. The number of carbonyl (C=O) groups is 1. The second-order valence-electron chi connectivity index (χ2n) is 2.53. The summed E-state index contributed by atoms with van der Waals surface area (Å²) in [6.07, 6.45) is 0. The van der Waals surface area contributed by atoms with Crippen LogP contribution in [0.2, 0.25) is 0 Å². The third-order valence-electron chi connectivity index (χ3n) is 1.55. The molecule has 0 atom stereocenters. The molecule has 1 rings (SSSR count). The van der Waals surface area contributed by atoms with Gasteiger partial charge < -0.3 is 5.73 Å². The highest BCUT2D eigenvalue weighted by molar-refractivity contribution is 6.10. The number of anilines is 1. The first-order valence-corrected chi connectivity index (χ1v) is 3.45. The van der Waals surface area contributed by atoms with E-state index in [2.05, 4.69) is 0 Å². The molecule has 60 valence electrons. The first-order chi connectivity index (χ1) is 5.65. The SMILES string of the molecule is Cc1ccc(N)c(C(=O)C#N)c1. The van der Waals surface area contributed by atoms with Gasteiger partial charge in [0.25, 0.3) is 5.78 Å². The predicted molar refractivity (Wildman–Crippen MR) is 45.5 cm³/mol. The predicted octanol–water partition coefficient (Wildman–Crippen LogP) is 1.28. The van der Waals surface area contributed by atoms with Crippen molar-refractivity contribution in [1.82, 2.24) is 0 Å². The quantitative estimate of drug-likeness (QED) is 0.382. The molecular weight excluding hydrogens is 152 g/mol. The van der Waals surface area contributed by atoms with Crippen LogP contribution in [0.5, 0.6) is 0 Å². The summed E-state index contributed by atoms with van der Waals surface area (Å²) in [6.45, 7) is 1.84. The molecule has 0 aliphatic rings. The van der Waals surface area contributed by atoms with Gasteiger partial charge in [0.2, 0.25) is 0 Å². The normalized spacial score (nSPS) is 9.00. The number of nitriles is 1. The highest BCUT2D eigenvalue weighted by Crippen LogP contribution is 2.13. The number of nitrogens with two attached hydrogens (primary N) is 1. The summed E-state index contributed by atoms with van der Waals surface area (Å²) in [5.41, 5.74) is 7.06. The van der Waals surface area contributed by atoms with Gasteiger partial charge in [-0.1, -0.05) is 11.6 Å². The van der Waals surface area contributed by atoms with Crippen LogP contribution in [0, 0.1) is 18.3 Å². The van der Waals surface area contributed by atoms with Gasteiger partial charge >= 0.3 is 0 Å². The highest BCUT2D eigenvalue weighted by Gasteiger charge is 2.07. The van der Waals surface area contributed by atoms with Gasteiger partial charge in [0.1, 0.15) is 6.07 Å². The zero-order chi connectivity index (χ0) is 9.14. The van der Waals surface area contributed by atoms with E-state index in [1.807, 2.05) is 6.92 Å². The fourth-order valence-corrected chi connectivity index (χ4v) is 0.927. The van der Waals surface area contributed by atoms with Crippen molar-refractivity contribution in [3.8, 4) is 6.07 Å². The number of rotatable bonds is 1. The number of nitrogens with zero attached hydrogens (tertiary/aromatic N) is 1. The van der Waals surface area contributed by atoms with Crippen molar-refractivity contribution in [1.29, 1.82) is 5.26 Å². The largest absolute Gasteiger partial charge is 0.398 e. The third kappa shape index (κ3) is 1.43. The summed E-state index contributed by atoms with van der Waals surface area (Å²) in [6, 6.07) is 6.56. The van der Waals surface area contributed by atoms with Crippen LogP contribution in [0.3, 0.4) is 0 Å². The lowest BCUT2D eigenvalue weighted by Crippen LogP contribution is -2.01. The fraction of sp³-hybridized carbons (Fsp3) is 0.111. The van der Waals surface area contributed by atoms with E-state index in [1.165, 1.54) is 6.07 Å². The summed E-state index contributed by atoms with van der Waals surface area (Å²) in [5, 5.41) is 8.35. The summed E-state index contributed by atoms with van der Waals surface area (Å²) >= 11 is 0. The topological polar surface area (TPSA) is 66.9 Å². The molecule has 0 spiro atoms. The Hall–Kier alpha value is -1.82. The van der Waals surface area contributed by atoms with Crippen LogP contribution >= 0.6 is 0 Å². The van der Waals surface area contributed by atoms with Crippen molar-refractivity contribution in [2.45, 2.75) is 6.92 Å². The molecule has 2 N–H and O–H groups in total. The molecule has 0 fully saturated rings. The molecule has 3 heteroatoms. The molecule has 0 amide bonds. The van der Waals surface area contributed by atoms with E-state index in [-0.39, 0.29) is 5.56 Å². The summed E-state index contributed by atoms with van der Waals surface area (Å²) in [5.74, 6) is -0.587. The lowest BCUT2D eigenvalue weighted by molar-refractivity contribution is 0.105. The van der Waals surface area contributed by atoms with Gasteiger partial charge in [0.05, 0.1) is 5.56 Å². The Kier molecular flexibility index (Phi) is 2.11. The standard InChI is InChI=1S/C9H8N2O/c1-6-2-3-8(11)7(4-6)9(12)5-10/h2-4H,11H2,1H3. The van der Waals surface area contributed by atoms with E-state index < -0.39 is 5.78 Å². The van der Waals surface area contributed by atoms with Crippen LogP contribution in [0.1, 0.15) is 15.9 Å². The van der Waals surface area contributed by atoms with Gasteiger partial charge in [-0.3, -0.25) is 4.79 Å². The van der Waals surface area contributed by atoms with E-state index in [1.54, 1.807) is 18.2 Å². The Balaban J connectivity index is 3.25. The molecule has 1 aromatic rings. The number of nitrogen functional groups attached to an aromatic ring is 1. The van der Waals surface area contributed by atoms with Crippen LogP contribution in [0.15, 0.2) is 18.2 Å². The Morgan fingerprint density at radius 3 is 2.83 bits per heavy atom. The second-order valence-corrected chi connectivity index (χ2v) is 2.53. The van der Waals surface area contributed by atoms with Gasteiger partial charge in [0, 0.05) is 5.69 Å². The Bertz CT molecular complexity index is 363. The molecule has 3 nitrogen and oxygen atoms in total. The number of hydrogen-bond acceptors (Lipinski definition) is 3. The smallest absolute Gasteiger partial charge is 0.264 e. The average molecular weight is 160 g/mol. The van der Waals surface area contributed by atoms with E-state index in [0.29, 0.717) is 5.69 Å². The number of carbonyl (C=O) groups excluding carboxylic acids is 1. The van der Waals surface area contributed by atoms with Crippen molar-refractivity contribution in [2.24, 2.45) is 0 Å². The Morgan fingerprint density at radius 2 is 2.25 bits per heavy atom. The molecule has 0 heterocycles. The molecule has 12 heavy (non-hydrogen) atoms. The molecule has 0 aliphatic heterocycles. The molecule has 0 aromatic heterocycles. The van der Waals surface area contributed by atoms with Gasteiger partial charge in [-0.2, -0.15) is 5.26 Å². The van der Waals surface area contributed by atoms with Gasteiger partial charge in [-0.15, -0.1) is 0 Å². The second kappa shape index (κ2) is 3.05. The van der Waals surface area contributed by atoms with Gasteiger partial charge in [0.15, 0.2) is 0 Å². The van der Waals surface area contributed by atoms with Crippen molar-refractivity contribution < 1.29 is 4.79 Å². The third-order valence-corrected chi connectivity index (χ3v) is 1.55. The monoisotopic (exact) mass is 160 g/mol. The van der Waals surface area contributed by atoms with E-state index in [9.17, 15) is 4.79 Å². The highest BCUT2D eigenvalue weighted by atomic mass is 16.1. The van der Waals surface area contributed by atoms with Crippen LogP contribution in [0.4, 0.5) is 5.69 Å². The van der Waals surface area contributed by atoms with Crippen molar-refractivity contribution >= 4 is 11.5 Å². The number of benzene rings is 1. The maximum atomic E-state index is 10.9. The molecule has 0 aliphatic carbocycles. The Morgan fingerprint density at radius 1 is 1.58 bits per heavy atom. The molecule has 0 bridgehead atoms. The minimum atomic E-state index is -0.587. The molecular formula is C9H8N2O. The van der Waals surface area contributed by atoms with E-state index >= 15 is 0 Å². The lowest BCUT2D eigenvalue weighted by Gasteiger charge is -2.00. The van der Waals surface area contributed by atoms with Crippen LogP contribution < -0.4 is 5.73 Å². The zero-order valence-corrected chi connectivity index (χ0v) is 6.66. The minimum Gasteiger partial charge on any atom is -0.398 e. The van der Waals surface area contributed by atoms with Crippen molar-refractivity contribution in [2.75, 3.05) is 5.73 Å². The van der Waals surface area contributed by atoms with E-state index in [4.69, 9.17) is 11.0 Å². The molecule has 0 saturated heterocycles. The minimum absolute atomic E-state index is 0.289. The van der Waals surface area contributed by atoms with Crippen LogP contribution in [-0.2, 0) is 0 Å². The first kappa shape index (κ1) is 8.28. The molecule has 0 radical (unpaired) electrons. The number of Topliss-reactive ketones (excluding diaryl/α,β-unsaturated/α-hetero) is 1. The Labute approximate surface area is 70.4 Å². The van der Waals surface area contributed by atoms with Crippen molar-refractivity contribution in [3.05, 3.63) is 29.3 Å². The maximum absolute atomic E-state index is 10.9. The number of hydrogen-bond donors (Lipinski definition) is 1. The lowest BCUT2D eigenvalue weighted by atomic mass is 10.1. The van der Waals surface area contributed by atoms with Crippen LogP contribution in [0.25, 0.3) is 0 Å². The van der Waals surface area contributed by atoms with Crippen molar-refractivity contribution in [3.63, 3.8) is 0 Å². The number of aryl methyl sites for hydroxylation is 1. The summed E-state index contributed by atoms with van der Waals surface area (Å²) in [4.78, 5) is 10.9. The van der Waals surface area contributed by atoms with Crippen LogP contribution in [-0.4, -0.2) is 5.78 Å². The summed E-state index contributed by atoms with van der Waals surface area (Å²) < 4.78 is 0. The fourth-order valence-electron chi connectivity index (χ4n) is 0.927. The van der Waals surface area contributed by atoms with Gasteiger partial charge in [-0.25, -0.2) is 0 Å². The maximum Gasteiger partial charge on any atom is 0.264 e. The molecule has 0 saturated carbocycles. The van der Waals surface area contributed by atoms with Gasteiger partial charge in [-0.05, 0) is 19.1 Å². The number of ketones is 1. The molecule has 1 aromatic carbocycles.